The molecule has 1 saturated carbocycles. The molecule has 0 bridgehead atoms. The Balaban J connectivity index is 1.58. The summed E-state index contributed by atoms with van der Waals surface area (Å²) >= 11 is 0. The molecule has 1 aliphatic carbocycles. The standard InChI is InChI=1S/C32H42N2O4/c1-3-37-30-22-25(17-18-27(30)32(36)38-4-2)23-31(35)33-28(21-24-13-7-5-8-14-24)26-15-9-10-16-29(26)34-19-11-6-12-20-34/h9-10,15-18,21-22,24H,3-8,11-14,19-20,23H2,1-2H3,(H,33,35)/b28-21+. The molecule has 2 aromatic carbocycles. The first-order valence-electron chi connectivity index (χ1n) is 14.4. The van der Waals surface area contributed by atoms with Gasteiger partial charge in [-0.2, -0.15) is 0 Å². The van der Waals surface area contributed by atoms with E-state index in [1.165, 1.54) is 44.2 Å². The van der Waals surface area contributed by atoms with E-state index in [9.17, 15) is 9.59 Å². The lowest BCUT2D eigenvalue weighted by Gasteiger charge is -2.31. The average Bonchev–Trinajstić information content (AvgIpc) is 2.94. The van der Waals surface area contributed by atoms with E-state index < -0.39 is 5.97 Å². The summed E-state index contributed by atoms with van der Waals surface area (Å²) in [5.74, 6) is 0.428. The molecule has 1 aliphatic heterocycles. The molecule has 1 heterocycles. The van der Waals surface area contributed by atoms with Crippen LogP contribution < -0.4 is 15.0 Å². The van der Waals surface area contributed by atoms with Gasteiger partial charge in [0.15, 0.2) is 0 Å². The number of piperidine rings is 1. The minimum atomic E-state index is -0.418. The summed E-state index contributed by atoms with van der Waals surface area (Å²) in [4.78, 5) is 28.2. The number of rotatable bonds is 10. The molecule has 204 valence electrons. The second-order valence-corrected chi connectivity index (χ2v) is 10.3. The number of ether oxygens (including phenoxy) is 2. The number of para-hydroxylation sites is 1. The van der Waals surface area contributed by atoms with E-state index in [0.717, 1.165) is 42.8 Å². The van der Waals surface area contributed by atoms with Crippen molar-refractivity contribution in [3.05, 3.63) is 65.2 Å². The molecule has 4 rings (SSSR count). The third-order valence-electron chi connectivity index (χ3n) is 7.42. The van der Waals surface area contributed by atoms with Crippen molar-refractivity contribution in [3.63, 3.8) is 0 Å². The molecule has 38 heavy (non-hydrogen) atoms. The summed E-state index contributed by atoms with van der Waals surface area (Å²) < 4.78 is 10.9. The summed E-state index contributed by atoms with van der Waals surface area (Å²) in [6.07, 6.45) is 12.3. The molecule has 1 amide bonds. The van der Waals surface area contributed by atoms with Crippen LogP contribution in [0.3, 0.4) is 0 Å². The van der Waals surface area contributed by atoms with Crippen LogP contribution in [-0.4, -0.2) is 38.2 Å². The monoisotopic (exact) mass is 518 g/mol. The average molecular weight is 519 g/mol. The zero-order valence-electron chi connectivity index (χ0n) is 23.0. The van der Waals surface area contributed by atoms with Gasteiger partial charge in [-0.05, 0) is 75.6 Å². The minimum absolute atomic E-state index is 0.0770. The summed E-state index contributed by atoms with van der Waals surface area (Å²) in [6.45, 7) is 6.46. The van der Waals surface area contributed by atoms with Crippen LogP contribution >= 0.6 is 0 Å². The number of benzene rings is 2. The number of allylic oxidation sites excluding steroid dienone is 1. The van der Waals surface area contributed by atoms with Crippen LogP contribution in [0.5, 0.6) is 5.75 Å². The predicted octanol–water partition coefficient (Wildman–Crippen LogP) is 6.53. The van der Waals surface area contributed by atoms with E-state index in [1.807, 2.05) is 6.92 Å². The van der Waals surface area contributed by atoms with E-state index >= 15 is 0 Å². The Bertz CT molecular complexity index is 1110. The van der Waals surface area contributed by atoms with E-state index in [0.29, 0.717) is 30.4 Å². The number of carbonyl (C=O) groups is 2. The molecule has 0 atom stereocenters. The van der Waals surface area contributed by atoms with Crippen molar-refractivity contribution in [2.24, 2.45) is 5.92 Å². The molecule has 0 radical (unpaired) electrons. The zero-order valence-corrected chi connectivity index (χ0v) is 23.0. The Kier molecular flexibility index (Phi) is 10.2. The van der Waals surface area contributed by atoms with Crippen molar-refractivity contribution in [2.75, 3.05) is 31.2 Å². The van der Waals surface area contributed by atoms with Crippen molar-refractivity contribution < 1.29 is 19.1 Å². The Hall–Kier alpha value is -3.28. The second kappa shape index (κ2) is 14.0. The Morgan fingerprint density at radius 2 is 1.66 bits per heavy atom. The van der Waals surface area contributed by atoms with E-state index in [1.54, 1.807) is 25.1 Å². The summed E-state index contributed by atoms with van der Waals surface area (Å²) in [7, 11) is 0. The van der Waals surface area contributed by atoms with Gasteiger partial charge in [0.1, 0.15) is 11.3 Å². The van der Waals surface area contributed by atoms with Gasteiger partial charge in [-0.1, -0.05) is 49.6 Å². The lowest BCUT2D eigenvalue weighted by atomic mass is 9.87. The number of anilines is 1. The highest BCUT2D eigenvalue weighted by atomic mass is 16.5. The molecule has 1 saturated heterocycles. The van der Waals surface area contributed by atoms with E-state index in [-0.39, 0.29) is 12.3 Å². The van der Waals surface area contributed by atoms with Crippen LogP contribution in [0.2, 0.25) is 0 Å². The summed E-state index contributed by atoms with van der Waals surface area (Å²) in [6, 6.07) is 13.8. The van der Waals surface area contributed by atoms with Crippen LogP contribution in [-0.2, 0) is 16.0 Å². The topological polar surface area (TPSA) is 67.9 Å². The predicted molar refractivity (Wildman–Crippen MR) is 152 cm³/mol. The third kappa shape index (κ3) is 7.40. The molecule has 6 heteroatoms. The van der Waals surface area contributed by atoms with Crippen molar-refractivity contribution in [3.8, 4) is 5.75 Å². The quantitative estimate of drug-likeness (QED) is 0.362. The van der Waals surface area contributed by atoms with Gasteiger partial charge in [0.25, 0.3) is 0 Å². The van der Waals surface area contributed by atoms with Gasteiger partial charge in [0.05, 0.1) is 19.6 Å². The first-order chi connectivity index (χ1) is 18.6. The van der Waals surface area contributed by atoms with Crippen LogP contribution in [0.4, 0.5) is 5.69 Å². The molecule has 2 fully saturated rings. The lowest BCUT2D eigenvalue weighted by molar-refractivity contribution is -0.119. The minimum Gasteiger partial charge on any atom is -0.493 e. The van der Waals surface area contributed by atoms with Gasteiger partial charge >= 0.3 is 5.97 Å². The number of amides is 1. The molecule has 2 aromatic rings. The van der Waals surface area contributed by atoms with Gasteiger partial charge < -0.3 is 19.7 Å². The van der Waals surface area contributed by atoms with E-state index in [4.69, 9.17) is 9.47 Å². The second-order valence-electron chi connectivity index (χ2n) is 10.3. The zero-order chi connectivity index (χ0) is 26.7. The Morgan fingerprint density at radius 1 is 0.921 bits per heavy atom. The fourth-order valence-corrected chi connectivity index (χ4v) is 5.56. The highest BCUT2D eigenvalue weighted by molar-refractivity contribution is 5.93. The van der Waals surface area contributed by atoms with Crippen LogP contribution in [0.25, 0.3) is 5.70 Å². The maximum Gasteiger partial charge on any atom is 0.341 e. The van der Waals surface area contributed by atoms with Gasteiger partial charge in [-0.3, -0.25) is 4.79 Å². The fraction of sp³-hybridized carbons (Fsp3) is 0.500. The van der Waals surface area contributed by atoms with Gasteiger partial charge in [-0.25, -0.2) is 4.79 Å². The van der Waals surface area contributed by atoms with Crippen molar-refractivity contribution in [1.29, 1.82) is 0 Å². The number of esters is 1. The largest absolute Gasteiger partial charge is 0.493 e. The molecule has 1 N–H and O–H groups in total. The highest BCUT2D eigenvalue weighted by Crippen LogP contribution is 2.32. The lowest BCUT2D eigenvalue weighted by Crippen LogP contribution is -2.31. The van der Waals surface area contributed by atoms with Gasteiger partial charge in [0, 0.05) is 30.0 Å². The summed E-state index contributed by atoms with van der Waals surface area (Å²) in [5, 5.41) is 3.28. The van der Waals surface area contributed by atoms with Crippen LogP contribution in [0, 0.1) is 5.92 Å². The number of carbonyl (C=O) groups excluding carboxylic acids is 2. The van der Waals surface area contributed by atoms with Crippen LogP contribution in [0.1, 0.15) is 86.7 Å². The molecule has 0 unspecified atom stereocenters. The number of hydrogen-bond acceptors (Lipinski definition) is 5. The molecular weight excluding hydrogens is 476 g/mol. The first kappa shape index (κ1) is 27.7. The van der Waals surface area contributed by atoms with E-state index in [2.05, 4.69) is 40.6 Å². The number of nitrogens with one attached hydrogen (secondary N) is 1. The van der Waals surface area contributed by atoms with Crippen molar-refractivity contribution in [2.45, 2.75) is 71.6 Å². The molecular formula is C32H42N2O4. The molecule has 0 aromatic heterocycles. The van der Waals surface area contributed by atoms with Crippen LogP contribution in [0.15, 0.2) is 48.5 Å². The normalized spacial score (nSPS) is 16.7. The van der Waals surface area contributed by atoms with Gasteiger partial charge in [0.2, 0.25) is 5.91 Å². The molecule has 2 aliphatic rings. The maximum absolute atomic E-state index is 13.4. The number of nitrogens with zero attached hydrogens (tertiary/aromatic N) is 1. The summed E-state index contributed by atoms with van der Waals surface area (Å²) in [5.41, 5.74) is 4.38. The molecule has 6 nitrogen and oxygen atoms in total. The number of hydrogen-bond donors (Lipinski definition) is 1. The highest BCUT2D eigenvalue weighted by Gasteiger charge is 2.21. The molecule has 0 spiro atoms. The van der Waals surface area contributed by atoms with Gasteiger partial charge in [-0.15, -0.1) is 0 Å². The SMILES string of the molecule is CCOC(=O)c1ccc(CC(=O)N/C(=C/C2CCCCC2)c2ccccc2N2CCCCC2)cc1OCC. The van der Waals surface area contributed by atoms with Crippen molar-refractivity contribution in [1.82, 2.24) is 5.32 Å². The third-order valence-corrected chi connectivity index (χ3v) is 7.42. The fourth-order valence-electron chi connectivity index (χ4n) is 5.56. The Morgan fingerprint density at radius 3 is 2.39 bits per heavy atom. The Labute approximate surface area is 227 Å². The van der Waals surface area contributed by atoms with Crippen molar-refractivity contribution >= 4 is 23.3 Å². The maximum atomic E-state index is 13.4. The first-order valence-corrected chi connectivity index (χ1v) is 14.4. The smallest absolute Gasteiger partial charge is 0.341 e.